The van der Waals surface area contributed by atoms with Gasteiger partial charge in [0.2, 0.25) is 5.91 Å². The van der Waals surface area contributed by atoms with Crippen LogP contribution in [-0.2, 0) is 4.79 Å². The fraction of sp³-hybridized carbons (Fsp3) is 0.455. The Hall–Kier alpha value is -1.58. The minimum absolute atomic E-state index is 0.0524. The minimum Gasteiger partial charge on any atom is -0.355 e. The largest absolute Gasteiger partial charge is 0.355 e. The third kappa shape index (κ3) is 2.26. The molecule has 0 unspecified atom stereocenters. The van der Waals surface area contributed by atoms with Crippen LogP contribution in [-0.4, -0.2) is 24.0 Å². The third-order valence-electron chi connectivity index (χ3n) is 2.50. The van der Waals surface area contributed by atoms with Crippen molar-refractivity contribution in [3.05, 3.63) is 18.3 Å². The fourth-order valence-electron chi connectivity index (χ4n) is 1.87. The highest BCUT2D eigenvalue weighted by Crippen LogP contribution is 2.25. The van der Waals surface area contributed by atoms with Gasteiger partial charge < -0.3 is 10.2 Å². The predicted octanol–water partition coefficient (Wildman–Crippen LogP) is 1.64. The molecule has 1 fully saturated rings. The number of nitrogens with zero attached hydrogens (tertiary/aromatic N) is 2. The molecule has 4 heteroatoms. The van der Waals surface area contributed by atoms with Gasteiger partial charge in [0.25, 0.3) is 0 Å². The molecule has 1 N–H and O–H groups in total. The zero-order chi connectivity index (χ0) is 10.7. The van der Waals surface area contributed by atoms with Crippen LogP contribution in [0.25, 0.3) is 0 Å². The molecule has 2 rings (SSSR count). The Balaban J connectivity index is 2.24. The SMILES string of the molecule is CC(=O)Nc1cccnc1N1CCCC1. The summed E-state index contributed by atoms with van der Waals surface area (Å²) in [5.41, 5.74) is 0.812. The molecule has 1 aromatic heterocycles. The molecule has 1 amide bonds. The van der Waals surface area contributed by atoms with Gasteiger partial charge in [-0.15, -0.1) is 0 Å². The van der Waals surface area contributed by atoms with Gasteiger partial charge in [-0.1, -0.05) is 0 Å². The molecule has 1 aliphatic rings. The summed E-state index contributed by atoms with van der Waals surface area (Å²) >= 11 is 0. The number of hydrogen-bond donors (Lipinski definition) is 1. The van der Waals surface area contributed by atoms with E-state index in [1.807, 2.05) is 12.1 Å². The molecule has 0 aromatic carbocycles. The molecule has 0 aliphatic carbocycles. The van der Waals surface area contributed by atoms with Gasteiger partial charge in [0.1, 0.15) is 0 Å². The first-order valence-electron chi connectivity index (χ1n) is 5.25. The Bertz CT molecular complexity index is 359. The van der Waals surface area contributed by atoms with Crippen molar-refractivity contribution in [2.24, 2.45) is 0 Å². The van der Waals surface area contributed by atoms with E-state index in [1.165, 1.54) is 19.8 Å². The monoisotopic (exact) mass is 205 g/mol. The van der Waals surface area contributed by atoms with Crippen LogP contribution in [0.15, 0.2) is 18.3 Å². The number of pyridine rings is 1. The summed E-state index contributed by atoms with van der Waals surface area (Å²) < 4.78 is 0. The average molecular weight is 205 g/mol. The molecule has 15 heavy (non-hydrogen) atoms. The number of carbonyl (C=O) groups is 1. The number of hydrogen-bond acceptors (Lipinski definition) is 3. The molecule has 1 saturated heterocycles. The van der Waals surface area contributed by atoms with Crippen LogP contribution in [0.4, 0.5) is 11.5 Å². The van der Waals surface area contributed by atoms with Crippen LogP contribution in [0, 0.1) is 0 Å². The van der Waals surface area contributed by atoms with Gasteiger partial charge in [-0.25, -0.2) is 4.98 Å². The van der Waals surface area contributed by atoms with E-state index in [1.54, 1.807) is 6.20 Å². The molecule has 0 radical (unpaired) electrons. The van der Waals surface area contributed by atoms with Gasteiger partial charge in [0.15, 0.2) is 5.82 Å². The van der Waals surface area contributed by atoms with Crippen molar-refractivity contribution >= 4 is 17.4 Å². The van der Waals surface area contributed by atoms with Crippen molar-refractivity contribution in [3.63, 3.8) is 0 Å². The van der Waals surface area contributed by atoms with Crippen molar-refractivity contribution in [2.75, 3.05) is 23.3 Å². The Kier molecular flexibility index (Phi) is 2.85. The Morgan fingerprint density at radius 1 is 1.47 bits per heavy atom. The van der Waals surface area contributed by atoms with Crippen molar-refractivity contribution in [1.29, 1.82) is 0 Å². The van der Waals surface area contributed by atoms with Gasteiger partial charge in [-0.2, -0.15) is 0 Å². The summed E-state index contributed by atoms with van der Waals surface area (Å²) in [7, 11) is 0. The van der Waals surface area contributed by atoms with Gasteiger partial charge in [-0.3, -0.25) is 4.79 Å². The van der Waals surface area contributed by atoms with E-state index in [9.17, 15) is 4.79 Å². The topological polar surface area (TPSA) is 45.2 Å². The smallest absolute Gasteiger partial charge is 0.221 e. The lowest BCUT2D eigenvalue weighted by Gasteiger charge is -2.19. The van der Waals surface area contributed by atoms with Crippen LogP contribution in [0.1, 0.15) is 19.8 Å². The molecule has 1 aromatic rings. The number of carbonyl (C=O) groups excluding carboxylic acids is 1. The highest BCUT2D eigenvalue weighted by Gasteiger charge is 2.16. The first-order valence-corrected chi connectivity index (χ1v) is 5.25. The molecule has 4 nitrogen and oxygen atoms in total. The minimum atomic E-state index is -0.0524. The zero-order valence-electron chi connectivity index (χ0n) is 8.86. The molecular weight excluding hydrogens is 190 g/mol. The number of anilines is 2. The standard InChI is InChI=1S/C11H15N3O/c1-9(15)13-10-5-4-6-12-11(10)14-7-2-3-8-14/h4-6H,2-3,7-8H2,1H3,(H,13,15). The predicted molar refractivity (Wildman–Crippen MR) is 60.0 cm³/mol. The summed E-state index contributed by atoms with van der Waals surface area (Å²) in [4.78, 5) is 17.6. The second-order valence-corrected chi connectivity index (χ2v) is 3.75. The van der Waals surface area contributed by atoms with Crippen molar-refractivity contribution < 1.29 is 4.79 Å². The van der Waals surface area contributed by atoms with Gasteiger partial charge >= 0.3 is 0 Å². The van der Waals surface area contributed by atoms with E-state index in [0.717, 1.165) is 24.6 Å². The highest BCUT2D eigenvalue weighted by atomic mass is 16.1. The third-order valence-corrected chi connectivity index (χ3v) is 2.50. The second-order valence-electron chi connectivity index (χ2n) is 3.75. The van der Waals surface area contributed by atoms with Crippen LogP contribution in [0.2, 0.25) is 0 Å². The lowest BCUT2D eigenvalue weighted by molar-refractivity contribution is -0.114. The van der Waals surface area contributed by atoms with E-state index < -0.39 is 0 Å². The van der Waals surface area contributed by atoms with Crippen LogP contribution in [0.5, 0.6) is 0 Å². The summed E-state index contributed by atoms with van der Waals surface area (Å²) in [6, 6.07) is 3.73. The van der Waals surface area contributed by atoms with Crippen LogP contribution in [0.3, 0.4) is 0 Å². The second kappa shape index (κ2) is 4.29. The first-order chi connectivity index (χ1) is 7.27. The summed E-state index contributed by atoms with van der Waals surface area (Å²) in [5.74, 6) is 0.841. The Morgan fingerprint density at radius 3 is 2.87 bits per heavy atom. The molecule has 0 spiro atoms. The van der Waals surface area contributed by atoms with Crippen molar-refractivity contribution in [1.82, 2.24) is 4.98 Å². The maximum absolute atomic E-state index is 11.0. The number of aromatic nitrogens is 1. The Morgan fingerprint density at radius 2 is 2.20 bits per heavy atom. The lowest BCUT2D eigenvalue weighted by Crippen LogP contribution is -2.21. The molecule has 1 aliphatic heterocycles. The van der Waals surface area contributed by atoms with Crippen molar-refractivity contribution in [2.45, 2.75) is 19.8 Å². The first kappa shape index (κ1) is 9.96. The van der Waals surface area contributed by atoms with E-state index in [0.29, 0.717) is 0 Å². The summed E-state index contributed by atoms with van der Waals surface area (Å²) in [5, 5.41) is 2.81. The van der Waals surface area contributed by atoms with Gasteiger partial charge in [0, 0.05) is 26.2 Å². The quantitative estimate of drug-likeness (QED) is 0.798. The number of nitrogens with one attached hydrogen (secondary N) is 1. The maximum Gasteiger partial charge on any atom is 0.221 e. The number of amides is 1. The maximum atomic E-state index is 11.0. The number of rotatable bonds is 2. The van der Waals surface area contributed by atoms with E-state index in [4.69, 9.17) is 0 Å². The van der Waals surface area contributed by atoms with E-state index >= 15 is 0 Å². The van der Waals surface area contributed by atoms with Crippen molar-refractivity contribution in [3.8, 4) is 0 Å². The molecule has 80 valence electrons. The van der Waals surface area contributed by atoms with Crippen LogP contribution >= 0.6 is 0 Å². The molecule has 0 bridgehead atoms. The Labute approximate surface area is 89.3 Å². The van der Waals surface area contributed by atoms with E-state index in [2.05, 4.69) is 15.2 Å². The van der Waals surface area contributed by atoms with Gasteiger partial charge in [0.05, 0.1) is 5.69 Å². The molecule has 2 heterocycles. The van der Waals surface area contributed by atoms with Gasteiger partial charge in [-0.05, 0) is 25.0 Å². The zero-order valence-corrected chi connectivity index (χ0v) is 8.86. The summed E-state index contributed by atoms with van der Waals surface area (Å²) in [6.07, 6.45) is 4.17. The lowest BCUT2D eigenvalue weighted by atomic mass is 10.3. The molecular formula is C11H15N3O. The normalized spacial score (nSPS) is 15.4. The molecule has 0 saturated carbocycles. The average Bonchev–Trinajstić information content (AvgIpc) is 2.70. The fourth-order valence-corrected chi connectivity index (χ4v) is 1.87. The van der Waals surface area contributed by atoms with E-state index in [-0.39, 0.29) is 5.91 Å². The molecule has 0 atom stereocenters. The summed E-state index contributed by atoms with van der Waals surface area (Å²) in [6.45, 7) is 3.58. The highest BCUT2D eigenvalue weighted by molar-refractivity contribution is 5.91. The van der Waals surface area contributed by atoms with Crippen LogP contribution < -0.4 is 10.2 Å².